The predicted molar refractivity (Wildman–Crippen MR) is 113 cm³/mol. The van der Waals surface area contributed by atoms with E-state index < -0.39 is 0 Å². The molecule has 0 aliphatic carbocycles. The number of carbonyl (C=O) groups excluding carboxylic acids is 2. The molecule has 8 nitrogen and oxygen atoms in total. The van der Waals surface area contributed by atoms with Gasteiger partial charge in [-0.2, -0.15) is 0 Å². The second kappa shape index (κ2) is 8.38. The summed E-state index contributed by atoms with van der Waals surface area (Å²) < 4.78 is 0. The van der Waals surface area contributed by atoms with Crippen LogP contribution in [0.4, 0.5) is 5.82 Å². The Bertz CT molecular complexity index is 962. The first-order valence-electron chi connectivity index (χ1n) is 10.6. The maximum absolute atomic E-state index is 12.8. The fourth-order valence-corrected chi connectivity index (χ4v) is 4.33. The lowest BCUT2D eigenvalue weighted by Crippen LogP contribution is -2.38. The fraction of sp³-hybridized carbons (Fsp3) is 0.500. The monoisotopic (exact) mass is 408 g/mol. The minimum absolute atomic E-state index is 0.0232. The molecule has 0 aromatic carbocycles. The minimum Gasteiger partial charge on any atom is -0.383 e. The number of likely N-dealkylation sites (tertiary alicyclic amines) is 2. The average Bonchev–Trinajstić information content (AvgIpc) is 3.28. The van der Waals surface area contributed by atoms with E-state index >= 15 is 0 Å². The molecule has 2 saturated heterocycles. The van der Waals surface area contributed by atoms with E-state index in [4.69, 9.17) is 5.73 Å². The van der Waals surface area contributed by atoms with Crippen LogP contribution in [0.2, 0.25) is 0 Å². The van der Waals surface area contributed by atoms with E-state index in [1.54, 1.807) is 6.20 Å². The quantitative estimate of drug-likeness (QED) is 0.836. The van der Waals surface area contributed by atoms with Gasteiger partial charge in [0.2, 0.25) is 0 Å². The number of piperidine rings is 1. The van der Waals surface area contributed by atoms with Crippen LogP contribution in [0, 0.1) is 13.8 Å². The van der Waals surface area contributed by atoms with Crippen LogP contribution in [-0.2, 0) is 0 Å². The molecule has 2 amide bonds. The number of nitrogen functional groups attached to an aromatic ring is 1. The zero-order valence-electron chi connectivity index (χ0n) is 17.6. The van der Waals surface area contributed by atoms with E-state index in [0.29, 0.717) is 41.6 Å². The average molecular weight is 409 g/mol. The van der Waals surface area contributed by atoms with Gasteiger partial charge in [-0.1, -0.05) is 0 Å². The number of hydrogen-bond donors (Lipinski definition) is 1. The highest BCUT2D eigenvalue weighted by Crippen LogP contribution is 2.29. The molecular formula is C22H28N6O2. The van der Waals surface area contributed by atoms with Gasteiger partial charge in [-0.05, 0) is 51.7 Å². The highest BCUT2D eigenvalue weighted by molar-refractivity contribution is 5.98. The summed E-state index contributed by atoms with van der Waals surface area (Å²) in [4.78, 5) is 42.2. The van der Waals surface area contributed by atoms with Crippen LogP contribution < -0.4 is 5.73 Å². The van der Waals surface area contributed by atoms with Crippen LogP contribution in [0.3, 0.4) is 0 Å². The Morgan fingerprint density at radius 3 is 2.20 bits per heavy atom. The topological polar surface area (TPSA) is 105 Å². The van der Waals surface area contributed by atoms with Crippen LogP contribution >= 0.6 is 0 Å². The summed E-state index contributed by atoms with van der Waals surface area (Å²) in [7, 11) is 0. The van der Waals surface area contributed by atoms with E-state index in [2.05, 4.69) is 15.0 Å². The van der Waals surface area contributed by atoms with Gasteiger partial charge in [-0.15, -0.1) is 0 Å². The molecule has 2 aliphatic heterocycles. The number of nitrogens with two attached hydrogens (primary N) is 1. The molecule has 4 heterocycles. The molecule has 2 aliphatic rings. The van der Waals surface area contributed by atoms with Gasteiger partial charge < -0.3 is 15.5 Å². The van der Waals surface area contributed by atoms with Crippen LogP contribution in [0.25, 0.3) is 0 Å². The molecule has 0 spiro atoms. The number of rotatable bonds is 3. The summed E-state index contributed by atoms with van der Waals surface area (Å²) in [5.74, 6) is 1.14. The SMILES string of the molecule is Cc1ncc(C(=O)N2CCC(c3ccc(C(=O)N4CCCC4)c(N)n3)CC2)c(C)n1. The summed E-state index contributed by atoms with van der Waals surface area (Å²) in [6, 6.07) is 3.72. The zero-order chi connectivity index (χ0) is 21.3. The third-order valence-corrected chi connectivity index (χ3v) is 6.10. The largest absolute Gasteiger partial charge is 0.383 e. The third kappa shape index (κ3) is 3.99. The summed E-state index contributed by atoms with van der Waals surface area (Å²) in [5.41, 5.74) is 8.80. The maximum Gasteiger partial charge on any atom is 0.257 e. The van der Waals surface area contributed by atoms with E-state index in [1.165, 1.54) is 0 Å². The molecule has 2 aromatic rings. The van der Waals surface area contributed by atoms with Gasteiger partial charge in [0, 0.05) is 44.0 Å². The van der Waals surface area contributed by atoms with Crippen molar-refractivity contribution in [2.45, 2.75) is 45.4 Å². The van der Waals surface area contributed by atoms with Crippen molar-refractivity contribution in [1.29, 1.82) is 0 Å². The number of amides is 2. The number of hydrogen-bond acceptors (Lipinski definition) is 6. The predicted octanol–water partition coefficient (Wildman–Crippen LogP) is 2.33. The number of anilines is 1. The van der Waals surface area contributed by atoms with Crippen molar-refractivity contribution < 1.29 is 9.59 Å². The van der Waals surface area contributed by atoms with Crippen molar-refractivity contribution in [1.82, 2.24) is 24.8 Å². The lowest BCUT2D eigenvalue weighted by Gasteiger charge is -2.32. The molecule has 2 N–H and O–H groups in total. The van der Waals surface area contributed by atoms with Crippen molar-refractivity contribution >= 4 is 17.6 Å². The second-order valence-electron chi connectivity index (χ2n) is 8.15. The molecule has 8 heteroatoms. The van der Waals surface area contributed by atoms with Gasteiger partial charge in [0.1, 0.15) is 11.6 Å². The molecule has 4 rings (SSSR count). The molecule has 2 aromatic heterocycles. The Hall–Kier alpha value is -3.03. The lowest BCUT2D eigenvalue weighted by atomic mass is 9.92. The fourth-order valence-electron chi connectivity index (χ4n) is 4.33. The highest BCUT2D eigenvalue weighted by Gasteiger charge is 2.28. The lowest BCUT2D eigenvalue weighted by molar-refractivity contribution is 0.0709. The second-order valence-corrected chi connectivity index (χ2v) is 8.15. The Morgan fingerprint density at radius 1 is 0.933 bits per heavy atom. The number of pyridine rings is 1. The Kier molecular flexibility index (Phi) is 5.65. The number of carbonyl (C=O) groups is 2. The third-order valence-electron chi connectivity index (χ3n) is 6.10. The molecule has 0 bridgehead atoms. The summed E-state index contributed by atoms with van der Waals surface area (Å²) in [5, 5.41) is 0. The van der Waals surface area contributed by atoms with Crippen LogP contribution in [0.5, 0.6) is 0 Å². The van der Waals surface area contributed by atoms with E-state index in [9.17, 15) is 9.59 Å². The van der Waals surface area contributed by atoms with Gasteiger partial charge in [-0.25, -0.2) is 15.0 Å². The van der Waals surface area contributed by atoms with Crippen molar-refractivity contribution in [3.8, 4) is 0 Å². The number of nitrogens with zero attached hydrogens (tertiary/aromatic N) is 5. The number of aryl methyl sites for hydroxylation is 2. The molecule has 158 valence electrons. The first-order valence-corrected chi connectivity index (χ1v) is 10.6. The van der Waals surface area contributed by atoms with Gasteiger partial charge in [0.25, 0.3) is 11.8 Å². The summed E-state index contributed by atoms with van der Waals surface area (Å²) >= 11 is 0. The van der Waals surface area contributed by atoms with E-state index in [0.717, 1.165) is 44.5 Å². The first kappa shape index (κ1) is 20.3. The van der Waals surface area contributed by atoms with Gasteiger partial charge in [0.15, 0.2) is 0 Å². The van der Waals surface area contributed by atoms with Crippen molar-refractivity contribution in [2.75, 3.05) is 31.9 Å². The van der Waals surface area contributed by atoms with Crippen LogP contribution in [0.15, 0.2) is 18.3 Å². The van der Waals surface area contributed by atoms with Crippen LogP contribution in [-0.4, -0.2) is 62.7 Å². The maximum atomic E-state index is 12.8. The molecule has 0 unspecified atom stereocenters. The van der Waals surface area contributed by atoms with Gasteiger partial charge in [0.05, 0.1) is 16.8 Å². The van der Waals surface area contributed by atoms with Gasteiger partial charge >= 0.3 is 0 Å². The highest BCUT2D eigenvalue weighted by atomic mass is 16.2. The Morgan fingerprint density at radius 2 is 1.57 bits per heavy atom. The molecule has 0 saturated carbocycles. The first-order chi connectivity index (χ1) is 14.4. The normalized spacial score (nSPS) is 17.4. The van der Waals surface area contributed by atoms with Gasteiger partial charge in [-0.3, -0.25) is 9.59 Å². The zero-order valence-corrected chi connectivity index (χ0v) is 17.6. The Labute approximate surface area is 176 Å². The van der Waals surface area contributed by atoms with E-state index in [-0.39, 0.29) is 17.7 Å². The smallest absolute Gasteiger partial charge is 0.257 e. The van der Waals surface area contributed by atoms with Crippen molar-refractivity contribution in [3.63, 3.8) is 0 Å². The standard InChI is InChI=1S/C22H28N6O2/c1-14-18(13-24-15(2)25-14)22(30)28-11-7-16(8-12-28)19-6-5-17(20(23)26-19)21(29)27-9-3-4-10-27/h5-6,13,16H,3-4,7-12H2,1-2H3,(H2,23,26). The van der Waals surface area contributed by atoms with Crippen molar-refractivity contribution in [3.05, 3.63) is 46.7 Å². The Balaban J connectivity index is 1.41. The van der Waals surface area contributed by atoms with E-state index in [1.807, 2.05) is 35.8 Å². The molecule has 2 fully saturated rings. The molecule has 0 atom stereocenters. The summed E-state index contributed by atoms with van der Waals surface area (Å²) in [6.45, 7) is 6.53. The molecule has 0 radical (unpaired) electrons. The number of aromatic nitrogens is 3. The van der Waals surface area contributed by atoms with Crippen LogP contribution in [0.1, 0.15) is 69.5 Å². The summed E-state index contributed by atoms with van der Waals surface area (Å²) in [6.07, 6.45) is 5.32. The molecule has 30 heavy (non-hydrogen) atoms. The van der Waals surface area contributed by atoms with Crippen molar-refractivity contribution in [2.24, 2.45) is 0 Å². The minimum atomic E-state index is -0.0276. The molecular weight excluding hydrogens is 380 g/mol.